The number of aromatic nitrogens is 4. The fourth-order valence-electron chi connectivity index (χ4n) is 3.89. The van der Waals surface area contributed by atoms with E-state index in [0.717, 1.165) is 61.5 Å². The number of hydrogen-bond acceptors (Lipinski definition) is 4. The Morgan fingerprint density at radius 1 is 1.03 bits per heavy atom. The van der Waals surface area contributed by atoms with Crippen LogP contribution in [0.4, 0.5) is 5.69 Å². The third-order valence-electron chi connectivity index (χ3n) is 5.61. The third-order valence-corrected chi connectivity index (χ3v) is 5.97. The molecular weight excluding hydrogens is 394 g/mol. The quantitative estimate of drug-likeness (QED) is 0.637. The Morgan fingerprint density at radius 2 is 1.77 bits per heavy atom. The van der Waals surface area contributed by atoms with Gasteiger partial charge in [-0.25, -0.2) is 0 Å². The van der Waals surface area contributed by atoms with Crippen molar-refractivity contribution in [1.29, 1.82) is 0 Å². The van der Waals surface area contributed by atoms with Gasteiger partial charge in [-0.15, -0.1) is 0 Å². The Hall–Kier alpha value is -2.71. The first-order valence-electron chi connectivity index (χ1n) is 10.3. The Morgan fingerprint density at radius 3 is 2.43 bits per heavy atom. The van der Waals surface area contributed by atoms with Gasteiger partial charge >= 0.3 is 0 Å². The minimum Gasteiger partial charge on any atom is -0.346 e. The molecule has 0 atom stereocenters. The van der Waals surface area contributed by atoms with Crippen LogP contribution >= 0.6 is 12.2 Å². The number of thiocarbonyl (C=S) groups is 1. The molecule has 3 heterocycles. The van der Waals surface area contributed by atoms with Crippen LogP contribution in [0.15, 0.2) is 42.7 Å². The molecule has 1 saturated heterocycles. The molecule has 1 fully saturated rings. The predicted octanol–water partition coefficient (Wildman–Crippen LogP) is 2.80. The van der Waals surface area contributed by atoms with E-state index in [9.17, 15) is 0 Å². The topological polar surface area (TPSA) is 54.2 Å². The molecule has 7 nitrogen and oxygen atoms in total. The first-order valence-corrected chi connectivity index (χ1v) is 10.7. The smallest absolute Gasteiger partial charge is 0.173 e. The van der Waals surface area contributed by atoms with Crippen molar-refractivity contribution in [1.82, 2.24) is 29.4 Å². The fourth-order valence-corrected chi connectivity index (χ4v) is 4.18. The van der Waals surface area contributed by atoms with Crippen LogP contribution in [0.25, 0.3) is 0 Å². The summed E-state index contributed by atoms with van der Waals surface area (Å²) < 4.78 is 3.90. The maximum atomic E-state index is 5.73. The van der Waals surface area contributed by atoms with Gasteiger partial charge in [0.1, 0.15) is 0 Å². The monoisotopic (exact) mass is 423 g/mol. The highest BCUT2D eigenvalue weighted by Crippen LogP contribution is 2.21. The summed E-state index contributed by atoms with van der Waals surface area (Å²) in [5.74, 6) is 0. The number of nitrogens with zero attached hydrogens (tertiary/aromatic N) is 6. The summed E-state index contributed by atoms with van der Waals surface area (Å²) in [6.45, 7) is 9.64. The standard InChI is InChI=1S/C22H29N7S/c1-17-21(18(2)29(25-17)16-19-7-5-4-6-8-19)24-22(30)28-11-9-27(10-12-28)15-20-13-23-26(3)14-20/h4-8,13-14H,9-12,15-16H2,1-3H3,(H,24,30). The summed E-state index contributed by atoms with van der Waals surface area (Å²) >= 11 is 5.73. The van der Waals surface area contributed by atoms with Gasteiger partial charge in [0.05, 0.1) is 29.8 Å². The van der Waals surface area contributed by atoms with Crippen molar-refractivity contribution in [3.05, 3.63) is 65.2 Å². The van der Waals surface area contributed by atoms with Crippen molar-refractivity contribution in [2.24, 2.45) is 7.05 Å². The Labute approximate surface area is 183 Å². The number of rotatable bonds is 5. The number of anilines is 1. The van der Waals surface area contributed by atoms with Gasteiger partial charge in [0.15, 0.2) is 5.11 Å². The number of piperazine rings is 1. The summed E-state index contributed by atoms with van der Waals surface area (Å²) in [7, 11) is 1.96. The Bertz CT molecular complexity index is 1000. The van der Waals surface area contributed by atoms with Crippen molar-refractivity contribution < 1.29 is 0 Å². The second-order valence-corrected chi connectivity index (χ2v) is 8.29. The van der Waals surface area contributed by atoms with E-state index in [1.807, 2.05) is 35.6 Å². The molecule has 0 bridgehead atoms. The van der Waals surface area contributed by atoms with Crippen LogP contribution in [-0.2, 0) is 20.1 Å². The molecule has 0 aliphatic carbocycles. The van der Waals surface area contributed by atoms with Crippen molar-refractivity contribution in [3.63, 3.8) is 0 Å². The van der Waals surface area contributed by atoms with Crippen molar-refractivity contribution in [2.45, 2.75) is 26.9 Å². The molecular formula is C22H29N7S. The van der Waals surface area contributed by atoms with Gasteiger partial charge in [-0.3, -0.25) is 14.3 Å². The Kier molecular flexibility index (Phi) is 6.15. The van der Waals surface area contributed by atoms with Crippen LogP contribution in [-0.4, -0.2) is 60.7 Å². The molecule has 4 rings (SSSR count). The molecule has 0 saturated carbocycles. The van der Waals surface area contributed by atoms with Gasteiger partial charge in [0.25, 0.3) is 0 Å². The van der Waals surface area contributed by atoms with E-state index < -0.39 is 0 Å². The minimum absolute atomic E-state index is 0.759. The lowest BCUT2D eigenvalue weighted by Crippen LogP contribution is -2.49. The first kappa shape index (κ1) is 20.6. The third kappa shape index (κ3) is 4.71. The van der Waals surface area contributed by atoms with Crippen LogP contribution in [0.1, 0.15) is 22.5 Å². The zero-order chi connectivity index (χ0) is 21.1. The number of benzene rings is 1. The molecule has 1 aliphatic heterocycles. The molecule has 158 valence electrons. The summed E-state index contributed by atoms with van der Waals surface area (Å²) in [4.78, 5) is 4.70. The summed E-state index contributed by atoms with van der Waals surface area (Å²) in [5.41, 5.74) is 5.59. The number of hydrogen-bond donors (Lipinski definition) is 1. The van der Waals surface area contributed by atoms with Crippen LogP contribution < -0.4 is 5.32 Å². The lowest BCUT2D eigenvalue weighted by atomic mass is 10.2. The maximum Gasteiger partial charge on any atom is 0.173 e. The molecule has 0 radical (unpaired) electrons. The van der Waals surface area contributed by atoms with Crippen LogP contribution in [0.5, 0.6) is 0 Å². The number of aryl methyl sites for hydroxylation is 2. The molecule has 0 amide bonds. The lowest BCUT2D eigenvalue weighted by molar-refractivity contribution is 0.177. The van der Waals surface area contributed by atoms with Crippen LogP contribution in [0.2, 0.25) is 0 Å². The van der Waals surface area contributed by atoms with E-state index in [1.54, 1.807) is 0 Å². The van der Waals surface area contributed by atoms with Crippen LogP contribution in [0, 0.1) is 13.8 Å². The first-order chi connectivity index (χ1) is 14.5. The second kappa shape index (κ2) is 8.97. The van der Waals surface area contributed by atoms with E-state index in [0.29, 0.717) is 0 Å². The summed E-state index contributed by atoms with van der Waals surface area (Å²) in [6.07, 6.45) is 4.02. The number of nitrogens with one attached hydrogen (secondary N) is 1. The molecule has 1 N–H and O–H groups in total. The molecule has 3 aromatic rings. The highest BCUT2D eigenvalue weighted by atomic mass is 32.1. The summed E-state index contributed by atoms with van der Waals surface area (Å²) in [5, 5.41) is 13.2. The molecule has 0 unspecified atom stereocenters. The highest BCUT2D eigenvalue weighted by molar-refractivity contribution is 7.80. The zero-order valence-corrected chi connectivity index (χ0v) is 18.7. The average molecular weight is 424 g/mol. The van der Waals surface area contributed by atoms with Crippen LogP contribution in [0.3, 0.4) is 0 Å². The minimum atomic E-state index is 0.759. The lowest BCUT2D eigenvalue weighted by Gasteiger charge is -2.36. The average Bonchev–Trinajstić information content (AvgIpc) is 3.27. The maximum absolute atomic E-state index is 5.73. The SMILES string of the molecule is Cc1nn(Cc2ccccc2)c(C)c1NC(=S)N1CCN(Cc2cnn(C)c2)CC1. The zero-order valence-electron chi connectivity index (χ0n) is 17.9. The Balaban J connectivity index is 1.34. The van der Waals surface area contributed by atoms with Gasteiger partial charge in [0.2, 0.25) is 0 Å². The highest BCUT2D eigenvalue weighted by Gasteiger charge is 2.21. The van der Waals surface area contributed by atoms with Gasteiger partial charge in [0, 0.05) is 51.5 Å². The summed E-state index contributed by atoms with van der Waals surface area (Å²) in [6, 6.07) is 10.4. The fraction of sp³-hybridized carbons (Fsp3) is 0.409. The van der Waals surface area contributed by atoms with E-state index in [-0.39, 0.29) is 0 Å². The van der Waals surface area contributed by atoms with Gasteiger partial charge in [-0.2, -0.15) is 10.2 Å². The van der Waals surface area contributed by atoms with Crippen molar-refractivity contribution in [2.75, 3.05) is 31.5 Å². The van der Waals surface area contributed by atoms with Gasteiger partial charge < -0.3 is 10.2 Å². The van der Waals surface area contributed by atoms with E-state index in [1.165, 1.54) is 11.1 Å². The second-order valence-electron chi connectivity index (χ2n) is 7.90. The van der Waals surface area contributed by atoms with Gasteiger partial charge in [-0.1, -0.05) is 30.3 Å². The molecule has 1 aromatic carbocycles. The molecule has 30 heavy (non-hydrogen) atoms. The van der Waals surface area contributed by atoms with E-state index >= 15 is 0 Å². The normalized spacial score (nSPS) is 14.8. The van der Waals surface area contributed by atoms with Crippen molar-refractivity contribution >= 4 is 23.0 Å². The molecule has 1 aliphatic rings. The van der Waals surface area contributed by atoms with E-state index in [2.05, 4.69) is 57.6 Å². The van der Waals surface area contributed by atoms with Gasteiger partial charge in [-0.05, 0) is 31.6 Å². The molecule has 2 aromatic heterocycles. The van der Waals surface area contributed by atoms with Crippen molar-refractivity contribution in [3.8, 4) is 0 Å². The molecule has 8 heteroatoms. The molecule has 0 spiro atoms. The predicted molar refractivity (Wildman–Crippen MR) is 124 cm³/mol. The largest absolute Gasteiger partial charge is 0.346 e. The van der Waals surface area contributed by atoms with E-state index in [4.69, 9.17) is 17.3 Å².